The van der Waals surface area contributed by atoms with Crippen molar-refractivity contribution in [1.29, 1.82) is 0 Å². The molecule has 1 aliphatic heterocycles. The molecule has 2 aliphatic rings. The number of carbonyl (C=O) groups is 1. The number of aromatic nitrogens is 5. The predicted molar refractivity (Wildman–Crippen MR) is 103 cm³/mol. The van der Waals surface area contributed by atoms with Crippen LogP contribution in [0.3, 0.4) is 0 Å². The van der Waals surface area contributed by atoms with E-state index in [-0.39, 0.29) is 23.8 Å². The molecule has 1 atom stereocenters. The molecule has 146 valence electrons. The fourth-order valence-corrected chi connectivity index (χ4v) is 4.23. The number of nitrogens with one attached hydrogen (secondary N) is 2. The van der Waals surface area contributed by atoms with Crippen LogP contribution in [-0.4, -0.2) is 50.0 Å². The number of nitrogens with zero attached hydrogens (tertiary/aromatic N) is 5. The second-order valence-corrected chi connectivity index (χ2v) is 8.09. The van der Waals surface area contributed by atoms with Crippen LogP contribution in [0, 0.1) is 5.92 Å². The summed E-state index contributed by atoms with van der Waals surface area (Å²) in [5, 5.41) is 19.5. The van der Waals surface area contributed by atoms with Gasteiger partial charge in [-0.1, -0.05) is 13.8 Å². The number of anilines is 1. The summed E-state index contributed by atoms with van der Waals surface area (Å²) in [6.07, 6.45) is 7.11. The minimum absolute atomic E-state index is 0.0348. The van der Waals surface area contributed by atoms with Gasteiger partial charge in [-0.15, -0.1) is 10.2 Å². The van der Waals surface area contributed by atoms with Gasteiger partial charge in [0.15, 0.2) is 0 Å². The number of fused-ring (bicyclic) bond motifs is 1. The lowest BCUT2D eigenvalue weighted by molar-refractivity contribution is -0.124. The maximum atomic E-state index is 11.9. The SMILES string of the molecule is CC(C)C(=O)NC1CCN(c2nnc(C3CCCc4[nH]ncc43)n2C)CC1. The van der Waals surface area contributed by atoms with E-state index in [4.69, 9.17) is 0 Å². The number of H-pyrrole nitrogens is 1. The van der Waals surface area contributed by atoms with Crippen molar-refractivity contribution < 1.29 is 4.79 Å². The number of aromatic amines is 1. The Kier molecular flexibility index (Phi) is 4.88. The Labute approximate surface area is 159 Å². The summed E-state index contributed by atoms with van der Waals surface area (Å²) in [5.41, 5.74) is 2.50. The predicted octanol–water partition coefficient (Wildman–Crippen LogP) is 1.75. The number of hydrogen-bond donors (Lipinski definition) is 2. The Morgan fingerprint density at radius 3 is 2.78 bits per heavy atom. The first-order valence-corrected chi connectivity index (χ1v) is 10.0. The van der Waals surface area contributed by atoms with Gasteiger partial charge in [0.25, 0.3) is 0 Å². The zero-order valence-corrected chi connectivity index (χ0v) is 16.4. The molecule has 2 N–H and O–H groups in total. The molecule has 2 aromatic rings. The summed E-state index contributed by atoms with van der Waals surface area (Å²) in [5.74, 6) is 2.38. The molecule has 2 aromatic heterocycles. The van der Waals surface area contributed by atoms with Crippen molar-refractivity contribution in [3.05, 3.63) is 23.3 Å². The van der Waals surface area contributed by atoms with Crippen molar-refractivity contribution in [3.8, 4) is 0 Å². The van der Waals surface area contributed by atoms with Crippen LogP contribution in [-0.2, 0) is 18.3 Å². The first kappa shape index (κ1) is 18.0. The Morgan fingerprint density at radius 2 is 2.04 bits per heavy atom. The van der Waals surface area contributed by atoms with E-state index in [2.05, 4.69) is 42.2 Å². The average molecular weight is 371 g/mol. The van der Waals surface area contributed by atoms with Crippen molar-refractivity contribution in [3.63, 3.8) is 0 Å². The molecule has 1 aliphatic carbocycles. The number of hydrogen-bond acceptors (Lipinski definition) is 5. The Balaban J connectivity index is 1.44. The topological polar surface area (TPSA) is 91.7 Å². The number of piperidine rings is 1. The molecule has 27 heavy (non-hydrogen) atoms. The summed E-state index contributed by atoms with van der Waals surface area (Å²) < 4.78 is 2.14. The second kappa shape index (κ2) is 7.32. The van der Waals surface area contributed by atoms with E-state index in [0.29, 0.717) is 0 Å². The molecule has 1 unspecified atom stereocenters. The zero-order chi connectivity index (χ0) is 19.0. The molecule has 3 heterocycles. The largest absolute Gasteiger partial charge is 0.353 e. The summed E-state index contributed by atoms with van der Waals surface area (Å²) >= 11 is 0. The molecule has 1 amide bonds. The Morgan fingerprint density at radius 1 is 1.26 bits per heavy atom. The van der Waals surface area contributed by atoms with E-state index in [9.17, 15) is 4.79 Å². The van der Waals surface area contributed by atoms with E-state index in [1.807, 2.05) is 20.0 Å². The van der Waals surface area contributed by atoms with Gasteiger partial charge in [0.1, 0.15) is 5.82 Å². The van der Waals surface area contributed by atoms with Gasteiger partial charge in [-0.3, -0.25) is 14.5 Å². The average Bonchev–Trinajstić information content (AvgIpc) is 3.29. The minimum atomic E-state index is 0.0348. The maximum absolute atomic E-state index is 11.9. The molecular weight excluding hydrogens is 342 g/mol. The van der Waals surface area contributed by atoms with Crippen LogP contribution in [0.15, 0.2) is 6.20 Å². The smallest absolute Gasteiger partial charge is 0.226 e. The lowest BCUT2D eigenvalue weighted by atomic mass is 9.86. The highest BCUT2D eigenvalue weighted by Crippen LogP contribution is 2.35. The summed E-state index contributed by atoms with van der Waals surface area (Å²) in [6, 6.07) is 0.260. The molecule has 1 saturated heterocycles. The summed E-state index contributed by atoms with van der Waals surface area (Å²) in [7, 11) is 2.06. The van der Waals surface area contributed by atoms with Crippen LogP contribution in [0.1, 0.15) is 62.5 Å². The van der Waals surface area contributed by atoms with Crippen molar-refractivity contribution >= 4 is 11.9 Å². The highest BCUT2D eigenvalue weighted by atomic mass is 16.1. The summed E-state index contributed by atoms with van der Waals surface area (Å²) in [6.45, 7) is 5.64. The first-order chi connectivity index (χ1) is 13.0. The lowest BCUT2D eigenvalue weighted by Crippen LogP contribution is -2.46. The molecule has 1 fully saturated rings. The van der Waals surface area contributed by atoms with Crippen molar-refractivity contribution in [2.45, 2.75) is 57.9 Å². The molecule has 0 spiro atoms. The third-order valence-corrected chi connectivity index (χ3v) is 5.89. The Bertz CT molecular complexity index is 801. The van der Waals surface area contributed by atoms with Gasteiger partial charge in [-0.25, -0.2) is 0 Å². The van der Waals surface area contributed by atoms with Gasteiger partial charge in [0.05, 0.1) is 6.20 Å². The van der Waals surface area contributed by atoms with Crippen LogP contribution >= 0.6 is 0 Å². The number of rotatable bonds is 4. The van der Waals surface area contributed by atoms with E-state index < -0.39 is 0 Å². The molecule has 0 radical (unpaired) electrons. The maximum Gasteiger partial charge on any atom is 0.226 e. The number of aryl methyl sites for hydroxylation is 1. The van der Waals surface area contributed by atoms with Crippen molar-refractivity contribution in [2.75, 3.05) is 18.0 Å². The monoisotopic (exact) mass is 371 g/mol. The van der Waals surface area contributed by atoms with Crippen LogP contribution in [0.2, 0.25) is 0 Å². The standard InChI is InChI=1S/C19H29N7O/c1-12(2)18(27)21-13-7-9-26(10-8-13)19-24-23-17(25(19)3)14-5-4-6-16-15(14)11-20-22-16/h11-14H,4-10H2,1-3H3,(H,20,22)(H,21,27). The third kappa shape index (κ3) is 3.44. The van der Waals surface area contributed by atoms with Gasteiger partial charge in [-0.2, -0.15) is 5.10 Å². The fraction of sp³-hybridized carbons (Fsp3) is 0.684. The van der Waals surface area contributed by atoms with Crippen LogP contribution in [0.5, 0.6) is 0 Å². The lowest BCUT2D eigenvalue weighted by Gasteiger charge is -2.33. The van der Waals surface area contributed by atoms with Gasteiger partial charge < -0.3 is 10.2 Å². The first-order valence-electron chi connectivity index (χ1n) is 10.0. The molecule has 0 bridgehead atoms. The number of amides is 1. The van der Waals surface area contributed by atoms with Crippen LogP contribution < -0.4 is 10.2 Å². The van der Waals surface area contributed by atoms with Crippen molar-refractivity contribution in [2.24, 2.45) is 13.0 Å². The van der Waals surface area contributed by atoms with E-state index >= 15 is 0 Å². The highest BCUT2D eigenvalue weighted by molar-refractivity contribution is 5.78. The molecule has 8 heteroatoms. The van der Waals surface area contributed by atoms with Crippen LogP contribution in [0.4, 0.5) is 5.95 Å². The quantitative estimate of drug-likeness (QED) is 0.854. The Hall–Kier alpha value is -2.38. The zero-order valence-electron chi connectivity index (χ0n) is 16.4. The van der Waals surface area contributed by atoms with Gasteiger partial charge in [0.2, 0.25) is 11.9 Å². The fourth-order valence-electron chi connectivity index (χ4n) is 4.23. The van der Waals surface area contributed by atoms with E-state index in [1.165, 1.54) is 11.3 Å². The van der Waals surface area contributed by atoms with Gasteiger partial charge in [0, 0.05) is 49.3 Å². The van der Waals surface area contributed by atoms with Gasteiger partial charge in [-0.05, 0) is 32.1 Å². The molecule has 0 saturated carbocycles. The normalized spacial score (nSPS) is 20.7. The molecule has 8 nitrogen and oxygen atoms in total. The molecule has 0 aromatic carbocycles. The number of carbonyl (C=O) groups excluding carboxylic acids is 1. The van der Waals surface area contributed by atoms with Gasteiger partial charge >= 0.3 is 0 Å². The van der Waals surface area contributed by atoms with Crippen molar-refractivity contribution in [1.82, 2.24) is 30.3 Å². The molecular formula is C19H29N7O. The van der Waals surface area contributed by atoms with E-state index in [0.717, 1.165) is 57.0 Å². The highest BCUT2D eigenvalue weighted by Gasteiger charge is 2.30. The van der Waals surface area contributed by atoms with Crippen LogP contribution in [0.25, 0.3) is 0 Å². The molecule has 4 rings (SSSR count). The third-order valence-electron chi connectivity index (χ3n) is 5.89. The minimum Gasteiger partial charge on any atom is -0.353 e. The second-order valence-electron chi connectivity index (χ2n) is 8.09. The van der Waals surface area contributed by atoms with E-state index in [1.54, 1.807) is 0 Å². The summed E-state index contributed by atoms with van der Waals surface area (Å²) in [4.78, 5) is 14.2.